The fourth-order valence-electron chi connectivity index (χ4n) is 4.50. The maximum Gasteiger partial charge on any atom is 0.319 e. The number of hydrogen-bond acceptors (Lipinski definition) is 3. The SMILES string of the molecule is O=C(NCC(=O)c1c[nH]c2ccccc12)Nc1cccc2ccccc12.[Br-].[NH3+]CC(=O)c1c[nH]c2ccccc12. The van der Waals surface area contributed by atoms with Gasteiger partial charge in [-0.3, -0.25) is 9.59 Å². The third kappa shape index (κ3) is 6.12. The molecule has 6 rings (SSSR count). The Morgan fingerprint density at radius 3 is 1.80 bits per heavy atom. The van der Waals surface area contributed by atoms with Crippen LogP contribution in [0.3, 0.4) is 0 Å². The van der Waals surface area contributed by atoms with Crippen molar-refractivity contribution in [3.63, 3.8) is 0 Å². The molecule has 0 saturated heterocycles. The maximum absolute atomic E-state index is 12.4. The summed E-state index contributed by atoms with van der Waals surface area (Å²) in [4.78, 5) is 42.2. The number of urea groups is 1. The number of ketones is 2. The van der Waals surface area contributed by atoms with Crippen molar-refractivity contribution >= 4 is 55.9 Å². The third-order valence-corrected chi connectivity index (χ3v) is 6.45. The lowest BCUT2D eigenvalue weighted by atomic mass is 10.1. The number of rotatable bonds is 6. The third-order valence-electron chi connectivity index (χ3n) is 6.45. The molecule has 2 aromatic heterocycles. The summed E-state index contributed by atoms with van der Waals surface area (Å²) in [5, 5.41) is 9.28. The van der Waals surface area contributed by atoms with E-state index >= 15 is 0 Å². The number of benzene rings is 4. The van der Waals surface area contributed by atoms with Crippen LogP contribution in [-0.4, -0.2) is 40.7 Å². The van der Waals surface area contributed by atoms with Gasteiger partial charge in [-0.2, -0.15) is 0 Å². The molecule has 0 radical (unpaired) electrons. The van der Waals surface area contributed by atoms with Gasteiger partial charge in [0.15, 0.2) is 5.78 Å². The van der Waals surface area contributed by atoms with Crippen LogP contribution in [0.1, 0.15) is 20.7 Å². The van der Waals surface area contributed by atoms with Gasteiger partial charge in [-0.15, -0.1) is 0 Å². The van der Waals surface area contributed by atoms with E-state index in [-0.39, 0.29) is 35.1 Å². The fraction of sp³-hybridized carbons (Fsp3) is 0.0645. The Balaban J connectivity index is 0.000000223. The molecule has 2 heterocycles. The van der Waals surface area contributed by atoms with E-state index in [2.05, 4.69) is 26.3 Å². The Kier molecular flexibility index (Phi) is 9.11. The number of Topliss-reactive ketones (excluding diaryl/α,β-unsaturated/α-hetero) is 2. The van der Waals surface area contributed by atoms with Gasteiger partial charge in [0.1, 0.15) is 6.54 Å². The number of para-hydroxylation sites is 2. The van der Waals surface area contributed by atoms with Crippen LogP contribution in [0.2, 0.25) is 0 Å². The first-order chi connectivity index (χ1) is 19.0. The van der Waals surface area contributed by atoms with Gasteiger partial charge in [-0.25, -0.2) is 4.79 Å². The molecule has 0 aliphatic rings. The molecule has 6 aromatic rings. The van der Waals surface area contributed by atoms with Gasteiger partial charge in [0.05, 0.1) is 12.2 Å². The molecule has 40 heavy (non-hydrogen) atoms. The number of halogens is 1. The molecule has 4 aromatic carbocycles. The number of carbonyl (C=O) groups is 3. The fourth-order valence-corrected chi connectivity index (χ4v) is 4.50. The number of carbonyl (C=O) groups excluding carboxylic acids is 3. The minimum Gasteiger partial charge on any atom is -1.00 e. The highest BCUT2D eigenvalue weighted by Crippen LogP contribution is 2.23. The smallest absolute Gasteiger partial charge is 0.319 e. The van der Waals surface area contributed by atoms with Crippen LogP contribution in [0.4, 0.5) is 10.5 Å². The highest BCUT2D eigenvalue weighted by Gasteiger charge is 2.13. The summed E-state index contributed by atoms with van der Waals surface area (Å²) < 4.78 is 0. The van der Waals surface area contributed by atoms with Crippen molar-refractivity contribution in [3.8, 4) is 0 Å². The largest absolute Gasteiger partial charge is 1.00 e. The average Bonchev–Trinajstić information content (AvgIpc) is 3.61. The maximum atomic E-state index is 12.4. The number of amides is 2. The highest BCUT2D eigenvalue weighted by molar-refractivity contribution is 6.10. The molecular formula is C31H28BrN5O3. The summed E-state index contributed by atoms with van der Waals surface area (Å²) >= 11 is 0. The van der Waals surface area contributed by atoms with Crippen LogP contribution in [-0.2, 0) is 0 Å². The molecule has 0 aliphatic heterocycles. The molecule has 0 fully saturated rings. The van der Waals surface area contributed by atoms with Crippen LogP contribution in [0, 0.1) is 0 Å². The second kappa shape index (κ2) is 12.9. The molecule has 8 nitrogen and oxygen atoms in total. The summed E-state index contributed by atoms with van der Waals surface area (Å²) in [6.07, 6.45) is 3.43. The van der Waals surface area contributed by atoms with Gasteiger partial charge in [-0.05, 0) is 23.6 Å². The van der Waals surface area contributed by atoms with Crippen molar-refractivity contribution in [1.82, 2.24) is 15.3 Å². The zero-order valence-corrected chi connectivity index (χ0v) is 23.1. The molecule has 0 saturated carbocycles. The second-order valence-electron chi connectivity index (χ2n) is 8.93. The number of H-pyrrole nitrogens is 2. The first kappa shape index (κ1) is 28.3. The van der Waals surface area contributed by atoms with E-state index in [4.69, 9.17) is 0 Å². The Hall–Kier alpha value is -4.73. The normalized spacial score (nSPS) is 10.4. The lowest BCUT2D eigenvalue weighted by Gasteiger charge is -2.09. The van der Waals surface area contributed by atoms with Crippen molar-refractivity contribution < 1.29 is 37.1 Å². The van der Waals surface area contributed by atoms with Gasteiger partial charge in [0, 0.05) is 50.7 Å². The van der Waals surface area contributed by atoms with E-state index in [1.807, 2.05) is 91.0 Å². The Bertz CT molecular complexity index is 1800. The molecule has 2 amide bonds. The second-order valence-corrected chi connectivity index (χ2v) is 8.93. The van der Waals surface area contributed by atoms with Crippen molar-refractivity contribution in [3.05, 3.63) is 115 Å². The topological polar surface area (TPSA) is 134 Å². The number of fused-ring (bicyclic) bond motifs is 3. The van der Waals surface area contributed by atoms with Crippen LogP contribution < -0.4 is 33.3 Å². The minimum atomic E-state index is -0.408. The van der Waals surface area contributed by atoms with Crippen LogP contribution in [0.25, 0.3) is 32.6 Å². The number of hydrogen-bond donors (Lipinski definition) is 5. The molecule has 9 heteroatoms. The van der Waals surface area contributed by atoms with Crippen molar-refractivity contribution in [1.29, 1.82) is 0 Å². The van der Waals surface area contributed by atoms with Gasteiger partial charge in [0.2, 0.25) is 5.78 Å². The first-order valence-corrected chi connectivity index (χ1v) is 12.6. The quantitative estimate of drug-likeness (QED) is 0.188. The molecule has 7 N–H and O–H groups in total. The molecular weight excluding hydrogens is 570 g/mol. The number of aromatic amines is 2. The molecule has 0 spiro atoms. The van der Waals surface area contributed by atoms with Gasteiger partial charge >= 0.3 is 6.03 Å². The lowest BCUT2D eigenvalue weighted by molar-refractivity contribution is -0.349. The summed E-state index contributed by atoms with van der Waals surface area (Å²) in [7, 11) is 0. The molecule has 0 aliphatic carbocycles. The van der Waals surface area contributed by atoms with E-state index < -0.39 is 6.03 Å². The highest BCUT2D eigenvalue weighted by atomic mass is 79.9. The summed E-state index contributed by atoms with van der Waals surface area (Å²) in [6.45, 7) is 0.236. The van der Waals surface area contributed by atoms with Crippen LogP contribution in [0.15, 0.2) is 103 Å². The Morgan fingerprint density at radius 2 is 1.18 bits per heavy atom. The standard InChI is InChI=1S/C21H17N3O2.C10H10N2O.BrH/c25-20(17-12-22-18-10-4-3-9-16(17)18)13-23-21(26)24-19-11-5-7-14-6-1-2-8-15(14)19;11-5-10(13)8-6-12-9-4-2-1-3-7(8)9;/h1-12,22H,13H2,(H2,23,24,26);1-4,6,12H,5,11H2;1H. The zero-order chi connectivity index (χ0) is 27.2. The van der Waals surface area contributed by atoms with E-state index in [1.165, 1.54) is 0 Å². The van der Waals surface area contributed by atoms with Crippen LogP contribution in [0.5, 0.6) is 0 Å². The monoisotopic (exact) mass is 597 g/mol. The number of quaternary nitrogens is 1. The van der Waals surface area contributed by atoms with E-state index in [1.54, 1.807) is 12.4 Å². The molecule has 202 valence electrons. The molecule has 0 atom stereocenters. The van der Waals surface area contributed by atoms with Crippen molar-refractivity contribution in [2.24, 2.45) is 0 Å². The molecule has 0 bridgehead atoms. The predicted octanol–water partition coefficient (Wildman–Crippen LogP) is 1.92. The van der Waals surface area contributed by atoms with Crippen LogP contribution >= 0.6 is 0 Å². The van der Waals surface area contributed by atoms with E-state index in [0.717, 1.165) is 38.1 Å². The van der Waals surface area contributed by atoms with E-state index in [0.29, 0.717) is 17.8 Å². The summed E-state index contributed by atoms with van der Waals surface area (Å²) in [5.74, 6) is -0.0621. The predicted molar refractivity (Wildman–Crippen MR) is 154 cm³/mol. The average molecular weight is 599 g/mol. The molecule has 0 unspecified atom stereocenters. The number of anilines is 1. The Labute approximate surface area is 240 Å². The number of aromatic nitrogens is 2. The summed E-state index contributed by atoms with van der Waals surface area (Å²) in [5.41, 5.74) is 7.51. The van der Waals surface area contributed by atoms with Gasteiger partial charge < -0.3 is 43.3 Å². The van der Waals surface area contributed by atoms with Gasteiger partial charge in [0.25, 0.3) is 0 Å². The van der Waals surface area contributed by atoms with Crippen molar-refractivity contribution in [2.45, 2.75) is 0 Å². The van der Waals surface area contributed by atoms with Crippen molar-refractivity contribution in [2.75, 3.05) is 18.4 Å². The summed E-state index contributed by atoms with van der Waals surface area (Å²) in [6, 6.07) is 28.4. The Morgan fingerprint density at radius 1 is 0.650 bits per heavy atom. The minimum absolute atomic E-state index is 0. The lowest BCUT2D eigenvalue weighted by Crippen LogP contribution is -3.00. The zero-order valence-electron chi connectivity index (χ0n) is 21.5. The van der Waals surface area contributed by atoms with E-state index in [9.17, 15) is 14.4 Å². The first-order valence-electron chi connectivity index (χ1n) is 12.6. The van der Waals surface area contributed by atoms with Gasteiger partial charge in [-0.1, -0.05) is 72.8 Å². The number of nitrogens with one attached hydrogen (secondary N) is 4.